The van der Waals surface area contributed by atoms with Crippen LogP contribution in [0.25, 0.3) is 0 Å². The molecular weight excluding hydrogens is 212 g/mol. The summed E-state index contributed by atoms with van der Waals surface area (Å²) in [6.07, 6.45) is 6.51. The summed E-state index contributed by atoms with van der Waals surface area (Å²) in [5.41, 5.74) is 1.42. The zero-order valence-electron chi connectivity index (χ0n) is 11.1. The normalized spacial score (nSPS) is 27.5. The van der Waals surface area contributed by atoms with Crippen LogP contribution < -0.4 is 0 Å². The standard InChI is InChI=1S/C15H22O2/c1-5-15(3,4)9-12-7-6-11-8-13(11)14(12)17-10(2)16/h5,11,13H,1,6-9H2,2-4H3. The molecule has 0 saturated heterocycles. The van der Waals surface area contributed by atoms with Gasteiger partial charge in [-0.05, 0) is 42.6 Å². The fourth-order valence-corrected chi connectivity index (χ4v) is 2.73. The average molecular weight is 234 g/mol. The highest BCUT2D eigenvalue weighted by Gasteiger charge is 2.46. The molecule has 17 heavy (non-hydrogen) atoms. The van der Waals surface area contributed by atoms with Gasteiger partial charge in [0.25, 0.3) is 0 Å². The molecule has 2 aliphatic carbocycles. The maximum absolute atomic E-state index is 11.2. The van der Waals surface area contributed by atoms with Crippen LogP contribution in [0.3, 0.4) is 0 Å². The van der Waals surface area contributed by atoms with Crippen molar-refractivity contribution >= 4 is 5.97 Å². The minimum absolute atomic E-state index is 0.0858. The molecule has 2 unspecified atom stereocenters. The zero-order chi connectivity index (χ0) is 12.6. The topological polar surface area (TPSA) is 26.3 Å². The van der Waals surface area contributed by atoms with E-state index < -0.39 is 0 Å². The van der Waals surface area contributed by atoms with Crippen LogP contribution in [0, 0.1) is 17.3 Å². The quantitative estimate of drug-likeness (QED) is 0.545. The van der Waals surface area contributed by atoms with Crippen LogP contribution in [0.1, 0.15) is 46.5 Å². The van der Waals surface area contributed by atoms with Gasteiger partial charge in [-0.15, -0.1) is 6.58 Å². The Labute approximate surface area is 104 Å². The number of hydrogen-bond acceptors (Lipinski definition) is 2. The first-order valence-corrected chi connectivity index (χ1v) is 6.47. The van der Waals surface area contributed by atoms with E-state index in [9.17, 15) is 4.79 Å². The molecule has 1 fully saturated rings. The molecule has 0 aromatic carbocycles. The third-order valence-corrected chi connectivity index (χ3v) is 3.90. The van der Waals surface area contributed by atoms with Crippen molar-refractivity contribution in [2.24, 2.45) is 17.3 Å². The van der Waals surface area contributed by atoms with Gasteiger partial charge in [-0.3, -0.25) is 4.79 Å². The van der Waals surface area contributed by atoms with E-state index in [-0.39, 0.29) is 11.4 Å². The molecule has 0 spiro atoms. The number of ether oxygens (including phenoxy) is 1. The van der Waals surface area contributed by atoms with Gasteiger partial charge in [-0.2, -0.15) is 0 Å². The van der Waals surface area contributed by atoms with E-state index in [1.165, 1.54) is 25.3 Å². The lowest BCUT2D eigenvalue weighted by molar-refractivity contribution is -0.137. The third-order valence-electron chi connectivity index (χ3n) is 3.90. The first-order valence-electron chi connectivity index (χ1n) is 6.47. The minimum atomic E-state index is -0.179. The summed E-state index contributed by atoms with van der Waals surface area (Å²) in [5.74, 6) is 2.12. The zero-order valence-corrected chi connectivity index (χ0v) is 11.1. The molecule has 2 atom stereocenters. The van der Waals surface area contributed by atoms with Crippen LogP contribution in [-0.4, -0.2) is 5.97 Å². The van der Waals surface area contributed by atoms with Gasteiger partial charge < -0.3 is 4.74 Å². The van der Waals surface area contributed by atoms with Crippen LogP contribution in [0.5, 0.6) is 0 Å². The molecule has 2 rings (SSSR count). The SMILES string of the molecule is C=CC(C)(C)CC1=C(OC(C)=O)C2CC2CC1. The third kappa shape index (κ3) is 2.80. The number of rotatable bonds is 4. The predicted octanol–water partition coefficient (Wildman–Crippen LogP) is 3.84. The Morgan fingerprint density at radius 1 is 1.59 bits per heavy atom. The maximum Gasteiger partial charge on any atom is 0.307 e. The Hall–Kier alpha value is -1.05. The molecule has 0 radical (unpaired) electrons. The second kappa shape index (κ2) is 4.32. The van der Waals surface area contributed by atoms with Crippen molar-refractivity contribution < 1.29 is 9.53 Å². The lowest BCUT2D eigenvalue weighted by atomic mass is 9.81. The van der Waals surface area contributed by atoms with Crippen LogP contribution in [0.15, 0.2) is 24.0 Å². The van der Waals surface area contributed by atoms with E-state index in [4.69, 9.17) is 4.74 Å². The molecule has 2 nitrogen and oxygen atoms in total. The van der Waals surface area contributed by atoms with Gasteiger partial charge in [0.2, 0.25) is 0 Å². The maximum atomic E-state index is 11.2. The van der Waals surface area contributed by atoms with Gasteiger partial charge in [0.15, 0.2) is 0 Å². The van der Waals surface area contributed by atoms with Crippen LogP contribution in [0.2, 0.25) is 0 Å². The van der Waals surface area contributed by atoms with Crippen molar-refractivity contribution in [1.82, 2.24) is 0 Å². The highest BCUT2D eigenvalue weighted by molar-refractivity contribution is 5.67. The van der Waals surface area contributed by atoms with E-state index in [2.05, 4.69) is 20.4 Å². The number of carbonyl (C=O) groups excluding carboxylic acids is 1. The Kier molecular flexibility index (Phi) is 3.15. The average Bonchev–Trinajstić information content (AvgIpc) is 3.00. The number of carbonyl (C=O) groups is 1. The summed E-state index contributed by atoms with van der Waals surface area (Å²) in [6.45, 7) is 9.73. The van der Waals surface area contributed by atoms with E-state index >= 15 is 0 Å². The Balaban J connectivity index is 2.19. The van der Waals surface area contributed by atoms with Crippen molar-refractivity contribution in [2.75, 3.05) is 0 Å². The number of fused-ring (bicyclic) bond motifs is 1. The van der Waals surface area contributed by atoms with Crippen molar-refractivity contribution in [3.05, 3.63) is 24.0 Å². The molecule has 0 aromatic heterocycles. The van der Waals surface area contributed by atoms with Gasteiger partial charge >= 0.3 is 5.97 Å². The molecule has 2 heteroatoms. The van der Waals surface area contributed by atoms with Gasteiger partial charge in [0, 0.05) is 12.8 Å². The monoisotopic (exact) mass is 234 g/mol. The molecule has 0 heterocycles. The summed E-state index contributed by atoms with van der Waals surface area (Å²) >= 11 is 0. The largest absolute Gasteiger partial charge is 0.431 e. The molecular formula is C15H22O2. The lowest BCUT2D eigenvalue weighted by Gasteiger charge is -2.26. The molecule has 2 aliphatic rings. The predicted molar refractivity (Wildman–Crippen MR) is 68.2 cm³/mol. The number of allylic oxidation sites excluding steroid dienone is 3. The second-order valence-electron chi connectivity index (χ2n) is 6.07. The fourth-order valence-electron chi connectivity index (χ4n) is 2.73. The fraction of sp³-hybridized carbons (Fsp3) is 0.667. The Bertz CT molecular complexity index is 376. The molecule has 0 aliphatic heterocycles. The van der Waals surface area contributed by atoms with Crippen molar-refractivity contribution in [1.29, 1.82) is 0 Å². The number of esters is 1. The second-order valence-corrected chi connectivity index (χ2v) is 6.07. The number of hydrogen-bond donors (Lipinski definition) is 0. The smallest absolute Gasteiger partial charge is 0.307 e. The molecule has 1 saturated carbocycles. The van der Waals surface area contributed by atoms with Gasteiger partial charge in [-0.25, -0.2) is 0 Å². The molecule has 0 aromatic rings. The minimum Gasteiger partial charge on any atom is -0.431 e. The van der Waals surface area contributed by atoms with E-state index in [1.54, 1.807) is 0 Å². The highest BCUT2D eigenvalue weighted by Crippen LogP contribution is 2.54. The summed E-state index contributed by atoms with van der Waals surface area (Å²) in [5, 5.41) is 0. The van der Waals surface area contributed by atoms with Crippen LogP contribution in [0.4, 0.5) is 0 Å². The van der Waals surface area contributed by atoms with Gasteiger partial charge in [0.05, 0.1) is 0 Å². The van der Waals surface area contributed by atoms with Crippen LogP contribution in [-0.2, 0) is 9.53 Å². The molecule has 0 amide bonds. The summed E-state index contributed by atoms with van der Waals surface area (Å²) in [7, 11) is 0. The first-order chi connectivity index (χ1) is 7.93. The summed E-state index contributed by atoms with van der Waals surface area (Å²) in [4.78, 5) is 11.2. The van der Waals surface area contributed by atoms with Crippen LogP contribution >= 0.6 is 0 Å². The highest BCUT2D eigenvalue weighted by atomic mass is 16.5. The summed E-state index contributed by atoms with van der Waals surface area (Å²) < 4.78 is 5.45. The first kappa shape index (κ1) is 12.4. The molecule has 0 N–H and O–H groups in total. The summed E-state index contributed by atoms with van der Waals surface area (Å²) in [6, 6.07) is 0. The lowest BCUT2D eigenvalue weighted by Crippen LogP contribution is -2.15. The Morgan fingerprint density at radius 2 is 2.29 bits per heavy atom. The van der Waals surface area contributed by atoms with E-state index in [0.29, 0.717) is 5.92 Å². The van der Waals surface area contributed by atoms with Gasteiger partial charge in [-0.1, -0.05) is 19.9 Å². The van der Waals surface area contributed by atoms with E-state index in [1.807, 2.05) is 6.08 Å². The van der Waals surface area contributed by atoms with Crippen molar-refractivity contribution in [3.63, 3.8) is 0 Å². The molecule has 94 valence electrons. The van der Waals surface area contributed by atoms with E-state index in [0.717, 1.165) is 24.5 Å². The van der Waals surface area contributed by atoms with Crippen molar-refractivity contribution in [3.8, 4) is 0 Å². The van der Waals surface area contributed by atoms with Crippen molar-refractivity contribution in [2.45, 2.75) is 46.5 Å². The van der Waals surface area contributed by atoms with Gasteiger partial charge in [0.1, 0.15) is 5.76 Å². The Morgan fingerprint density at radius 3 is 2.88 bits per heavy atom. The molecule has 0 bridgehead atoms.